The van der Waals surface area contributed by atoms with E-state index in [0.717, 1.165) is 12.8 Å². The summed E-state index contributed by atoms with van der Waals surface area (Å²) in [5, 5.41) is 14.0. The molecule has 144 valence electrons. The van der Waals surface area contributed by atoms with Crippen molar-refractivity contribution in [1.82, 2.24) is 15.0 Å². The van der Waals surface area contributed by atoms with Gasteiger partial charge in [0.2, 0.25) is 0 Å². The predicted octanol–water partition coefficient (Wildman–Crippen LogP) is 3.99. The molecule has 7 heteroatoms. The van der Waals surface area contributed by atoms with E-state index in [1.54, 1.807) is 29.2 Å². The third-order valence-corrected chi connectivity index (χ3v) is 5.18. The number of amides is 1. The second kappa shape index (κ2) is 7.42. The van der Waals surface area contributed by atoms with E-state index in [1.807, 2.05) is 6.92 Å². The Labute approximate surface area is 161 Å². The summed E-state index contributed by atoms with van der Waals surface area (Å²) in [6.07, 6.45) is 1.63. The molecular formula is C21H20FN3O3. The molecule has 28 heavy (non-hydrogen) atoms. The van der Waals surface area contributed by atoms with E-state index in [0.29, 0.717) is 23.5 Å². The van der Waals surface area contributed by atoms with Gasteiger partial charge in [0.25, 0.3) is 11.8 Å². The number of rotatable bonds is 3. The number of hydrogen-bond donors (Lipinski definition) is 1. The van der Waals surface area contributed by atoms with Crippen LogP contribution in [0.5, 0.6) is 5.75 Å². The average Bonchev–Trinajstić information content (AvgIpc) is 3.19. The quantitative estimate of drug-likeness (QED) is 0.742. The molecule has 2 heterocycles. The number of phenolic OH excluding ortho intramolecular Hbond substituents is 1. The number of hydrogen-bond acceptors (Lipinski definition) is 5. The summed E-state index contributed by atoms with van der Waals surface area (Å²) in [7, 11) is 0. The van der Waals surface area contributed by atoms with E-state index in [2.05, 4.69) is 10.1 Å². The number of likely N-dealkylation sites (tertiary alicyclic amines) is 1. The van der Waals surface area contributed by atoms with Crippen molar-refractivity contribution in [2.24, 2.45) is 0 Å². The highest BCUT2D eigenvalue weighted by Gasteiger charge is 2.33. The number of carbonyl (C=O) groups excluding carboxylic acids is 1. The monoisotopic (exact) mass is 381 g/mol. The van der Waals surface area contributed by atoms with Crippen LogP contribution in [0.25, 0.3) is 11.5 Å². The molecule has 0 aliphatic carbocycles. The van der Waals surface area contributed by atoms with E-state index in [4.69, 9.17) is 4.52 Å². The Morgan fingerprint density at radius 1 is 1.18 bits per heavy atom. The lowest BCUT2D eigenvalue weighted by molar-refractivity contribution is 0.0604. The number of aromatic nitrogens is 2. The summed E-state index contributed by atoms with van der Waals surface area (Å²) >= 11 is 0. The first kappa shape index (κ1) is 18.2. The number of para-hydroxylation sites is 1. The number of aromatic hydroxyl groups is 1. The van der Waals surface area contributed by atoms with Crippen LogP contribution in [-0.4, -0.2) is 38.6 Å². The molecule has 6 nitrogen and oxygen atoms in total. The molecule has 0 saturated carbocycles. The Morgan fingerprint density at radius 3 is 2.68 bits per heavy atom. The largest absolute Gasteiger partial charge is 0.507 e. The van der Waals surface area contributed by atoms with Crippen LogP contribution >= 0.6 is 0 Å². The van der Waals surface area contributed by atoms with E-state index >= 15 is 0 Å². The van der Waals surface area contributed by atoms with E-state index in [-0.39, 0.29) is 35.3 Å². The standard InChI is InChI=1S/C21H20FN3O3/c1-13-6-7-15(12-25(13)21(27)14-8-10-16(22)11-9-14)19-23-20(28-24-19)17-4-2-3-5-18(17)26/h2-5,8-11,13,15,26H,6-7,12H2,1H3. The number of carbonyl (C=O) groups is 1. The second-order valence-electron chi connectivity index (χ2n) is 7.06. The molecule has 1 aliphatic heterocycles. The highest BCUT2D eigenvalue weighted by molar-refractivity contribution is 5.94. The lowest BCUT2D eigenvalue weighted by Gasteiger charge is -2.37. The van der Waals surface area contributed by atoms with Gasteiger partial charge in [0.1, 0.15) is 11.6 Å². The van der Waals surface area contributed by atoms with Crippen molar-refractivity contribution in [2.45, 2.75) is 31.7 Å². The van der Waals surface area contributed by atoms with Crippen LogP contribution in [0.2, 0.25) is 0 Å². The van der Waals surface area contributed by atoms with Crippen LogP contribution in [0.3, 0.4) is 0 Å². The van der Waals surface area contributed by atoms with Gasteiger partial charge in [-0.1, -0.05) is 17.3 Å². The normalized spacial score (nSPS) is 19.6. The molecule has 2 aromatic carbocycles. The maximum absolute atomic E-state index is 13.2. The molecule has 1 fully saturated rings. The van der Waals surface area contributed by atoms with Crippen molar-refractivity contribution in [1.29, 1.82) is 0 Å². The van der Waals surface area contributed by atoms with Crippen LogP contribution < -0.4 is 0 Å². The first-order valence-corrected chi connectivity index (χ1v) is 9.21. The smallest absolute Gasteiger partial charge is 0.261 e. The van der Waals surface area contributed by atoms with Crippen molar-refractivity contribution in [3.8, 4) is 17.2 Å². The van der Waals surface area contributed by atoms with Crippen LogP contribution in [0, 0.1) is 5.82 Å². The molecule has 2 atom stereocenters. The van der Waals surface area contributed by atoms with Crippen molar-refractivity contribution in [2.75, 3.05) is 6.54 Å². The van der Waals surface area contributed by atoms with Crippen molar-refractivity contribution in [3.63, 3.8) is 0 Å². The van der Waals surface area contributed by atoms with Gasteiger partial charge < -0.3 is 14.5 Å². The molecule has 1 N–H and O–H groups in total. The zero-order valence-electron chi connectivity index (χ0n) is 15.4. The lowest BCUT2D eigenvalue weighted by atomic mass is 9.92. The molecule has 0 radical (unpaired) electrons. The Kier molecular flexibility index (Phi) is 4.81. The number of halogens is 1. The van der Waals surface area contributed by atoms with E-state index in [9.17, 15) is 14.3 Å². The maximum atomic E-state index is 13.2. The number of nitrogens with zero attached hydrogens (tertiary/aromatic N) is 3. The summed E-state index contributed by atoms with van der Waals surface area (Å²) in [6, 6.07) is 12.4. The minimum atomic E-state index is -0.371. The third kappa shape index (κ3) is 3.47. The number of benzene rings is 2. The predicted molar refractivity (Wildman–Crippen MR) is 100 cm³/mol. The summed E-state index contributed by atoms with van der Waals surface area (Å²) < 4.78 is 18.5. The SMILES string of the molecule is CC1CCC(c2noc(-c3ccccc3O)n2)CN1C(=O)c1ccc(F)cc1. The molecule has 1 amide bonds. The van der Waals surface area contributed by atoms with Gasteiger partial charge >= 0.3 is 0 Å². The summed E-state index contributed by atoms with van der Waals surface area (Å²) in [4.78, 5) is 19.1. The van der Waals surface area contributed by atoms with Gasteiger partial charge in [0, 0.05) is 24.1 Å². The van der Waals surface area contributed by atoms with Gasteiger partial charge in [-0.15, -0.1) is 0 Å². The Hall–Kier alpha value is -3.22. The Morgan fingerprint density at radius 2 is 1.93 bits per heavy atom. The van der Waals surface area contributed by atoms with Gasteiger partial charge in [0.15, 0.2) is 5.82 Å². The van der Waals surface area contributed by atoms with Crippen molar-refractivity contribution < 1.29 is 18.8 Å². The topological polar surface area (TPSA) is 79.5 Å². The van der Waals surface area contributed by atoms with Crippen molar-refractivity contribution >= 4 is 5.91 Å². The van der Waals surface area contributed by atoms with Gasteiger partial charge in [-0.25, -0.2) is 4.39 Å². The van der Waals surface area contributed by atoms with Crippen LogP contribution in [0.4, 0.5) is 4.39 Å². The molecule has 0 spiro atoms. The number of phenols is 1. The first-order valence-electron chi connectivity index (χ1n) is 9.21. The van der Waals surface area contributed by atoms with Gasteiger partial charge in [-0.3, -0.25) is 4.79 Å². The molecule has 4 rings (SSSR count). The Balaban J connectivity index is 1.54. The summed E-state index contributed by atoms with van der Waals surface area (Å²) in [6.45, 7) is 2.46. The minimum Gasteiger partial charge on any atom is -0.507 e. The van der Waals surface area contributed by atoms with Crippen LogP contribution in [0.1, 0.15) is 41.9 Å². The minimum absolute atomic E-state index is 0.0658. The molecule has 2 unspecified atom stereocenters. The van der Waals surface area contributed by atoms with E-state index in [1.165, 1.54) is 24.3 Å². The first-order chi connectivity index (χ1) is 13.5. The molecule has 1 saturated heterocycles. The fourth-order valence-electron chi connectivity index (χ4n) is 3.52. The molecular weight excluding hydrogens is 361 g/mol. The Bertz CT molecular complexity index is 987. The van der Waals surface area contributed by atoms with E-state index < -0.39 is 0 Å². The average molecular weight is 381 g/mol. The maximum Gasteiger partial charge on any atom is 0.261 e. The van der Waals surface area contributed by atoms with Gasteiger partial charge in [-0.2, -0.15) is 4.98 Å². The summed E-state index contributed by atoms with van der Waals surface area (Å²) in [5.41, 5.74) is 0.932. The van der Waals surface area contributed by atoms with Crippen molar-refractivity contribution in [3.05, 3.63) is 65.7 Å². The van der Waals surface area contributed by atoms with Crippen LogP contribution in [-0.2, 0) is 0 Å². The fourth-order valence-corrected chi connectivity index (χ4v) is 3.52. The zero-order valence-corrected chi connectivity index (χ0v) is 15.4. The van der Waals surface area contributed by atoms with Gasteiger partial charge in [-0.05, 0) is 56.2 Å². The summed E-state index contributed by atoms with van der Waals surface area (Å²) in [5.74, 6) is 0.267. The highest BCUT2D eigenvalue weighted by Crippen LogP contribution is 2.32. The third-order valence-electron chi connectivity index (χ3n) is 5.18. The lowest BCUT2D eigenvalue weighted by Crippen LogP contribution is -2.45. The molecule has 3 aromatic rings. The molecule has 1 aromatic heterocycles. The molecule has 0 bridgehead atoms. The highest BCUT2D eigenvalue weighted by atomic mass is 19.1. The molecule has 1 aliphatic rings. The van der Waals surface area contributed by atoms with Crippen LogP contribution in [0.15, 0.2) is 53.1 Å². The number of piperidine rings is 1. The second-order valence-corrected chi connectivity index (χ2v) is 7.06. The fraction of sp³-hybridized carbons (Fsp3) is 0.286. The zero-order chi connectivity index (χ0) is 19.7. The van der Waals surface area contributed by atoms with Gasteiger partial charge in [0.05, 0.1) is 5.56 Å².